The van der Waals surface area contributed by atoms with Crippen LogP contribution in [-0.2, 0) is 6.54 Å². The summed E-state index contributed by atoms with van der Waals surface area (Å²) >= 11 is 1.60. The molecule has 5 nitrogen and oxygen atoms in total. The van der Waals surface area contributed by atoms with E-state index in [1.807, 2.05) is 24.3 Å². The van der Waals surface area contributed by atoms with Crippen LogP contribution in [0.25, 0.3) is 0 Å². The molecule has 3 rings (SSSR count). The number of hydrogen-bond acceptors (Lipinski definition) is 5. The van der Waals surface area contributed by atoms with E-state index in [1.165, 1.54) is 23.3 Å². The Morgan fingerprint density at radius 3 is 2.70 bits per heavy atom. The third-order valence-electron chi connectivity index (χ3n) is 5.72. The third-order valence-corrected chi connectivity index (χ3v) is 6.71. The molecular formula is C24H35N3O2S. The normalized spacial score (nSPS) is 17.3. The minimum Gasteiger partial charge on any atom is -0.496 e. The Morgan fingerprint density at radius 1 is 1.20 bits per heavy atom. The van der Waals surface area contributed by atoms with Crippen LogP contribution in [0.5, 0.6) is 5.75 Å². The highest BCUT2D eigenvalue weighted by atomic mass is 32.1. The topological polar surface area (TPSA) is 36.0 Å². The summed E-state index contributed by atoms with van der Waals surface area (Å²) in [5.74, 6) is 1.63. The van der Waals surface area contributed by atoms with Crippen molar-refractivity contribution in [2.45, 2.75) is 26.3 Å². The minimum atomic E-state index is 0.178. The number of carbonyl (C=O) groups excluding carboxylic acids is 1. The molecule has 1 amide bonds. The van der Waals surface area contributed by atoms with Crippen LogP contribution < -0.4 is 4.74 Å². The summed E-state index contributed by atoms with van der Waals surface area (Å²) in [6.07, 6.45) is 2.35. The highest BCUT2D eigenvalue weighted by molar-refractivity contribution is 7.13. The summed E-state index contributed by atoms with van der Waals surface area (Å²) in [5.41, 5.74) is 1.23. The molecule has 0 radical (unpaired) electrons. The van der Waals surface area contributed by atoms with Crippen molar-refractivity contribution in [3.63, 3.8) is 0 Å². The molecule has 1 aromatic carbocycles. The van der Waals surface area contributed by atoms with E-state index in [9.17, 15) is 4.79 Å². The Hall–Kier alpha value is -1.89. The number of ether oxygens (including phenoxy) is 1. The molecule has 0 spiro atoms. The maximum Gasteiger partial charge on any atom is 0.263 e. The van der Waals surface area contributed by atoms with Crippen LogP contribution in [0.15, 0.2) is 36.4 Å². The number of amides is 1. The molecule has 0 N–H and O–H groups in total. The third kappa shape index (κ3) is 6.30. The molecular weight excluding hydrogens is 394 g/mol. The lowest BCUT2D eigenvalue weighted by molar-refractivity contribution is 0.0665. The predicted octanol–water partition coefficient (Wildman–Crippen LogP) is 3.98. The van der Waals surface area contributed by atoms with Crippen molar-refractivity contribution in [3.8, 4) is 5.75 Å². The first-order chi connectivity index (χ1) is 14.5. The molecule has 1 aromatic heterocycles. The number of rotatable bonds is 9. The van der Waals surface area contributed by atoms with E-state index >= 15 is 0 Å². The van der Waals surface area contributed by atoms with Gasteiger partial charge in [0.15, 0.2) is 0 Å². The molecule has 1 fully saturated rings. The van der Waals surface area contributed by atoms with Crippen LogP contribution in [0.4, 0.5) is 0 Å². The summed E-state index contributed by atoms with van der Waals surface area (Å²) in [4.78, 5) is 22.0. The van der Waals surface area contributed by atoms with Crippen LogP contribution >= 0.6 is 11.3 Å². The van der Waals surface area contributed by atoms with Crippen molar-refractivity contribution < 1.29 is 9.53 Å². The van der Waals surface area contributed by atoms with Crippen molar-refractivity contribution in [2.24, 2.45) is 5.92 Å². The summed E-state index contributed by atoms with van der Waals surface area (Å²) in [6, 6.07) is 12.3. The van der Waals surface area contributed by atoms with Gasteiger partial charge >= 0.3 is 0 Å². The fraction of sp³-hybridized carbons (Fsp3) is 0.542. The largest absolute Gasteiger partial charge is 0.496 e. The van der Waals surface area contributed by atoms with Gasteiger partial charge in [-0.25, -0.2) is 0 Å². The number of aryl methyl sites for hydroxylation is 1. The van der Waals surface area contributed by atoms with E-state index in [1.54, 1.807) is 18.4 Å². The second-order valence-electron chi connectivity index (χ2n) is 8.52. The van der Waals surface area contributed by atoms with Gasteiger partial charge in [-0.15, -0.1) is 11.3 Å². The molecule has 1 aliphatic heterocycles. The van der Waals surface area contributed by atoms with Crippen LogP contribution in [0.3, 0.4) is 0 Å². The van der Waals surface area contributed by atoms with Gasteiger partial charge in [0.2, 0.25) is 0 Å². The van der Waals surface area contributed by atoms with E-state index in [0.29, 0.717) is 5.92 Å². The average Bonchev–Trinajstić information content (AvgIpc) is 3.17. The van der Waals surface area contributed by atoms with Gasteiger partial charge in [0.05, 0.1) is 12.0 Å². The highest BCUT2D eigenvalue weighted by Gasteiger charge is 2.26. The van der Waals surface area contributed by atoms with Crippen molar-refractivity contribution >= 4 is 17.2 Å². The van der Waals surface area contributed by atoms with Gasteiger partial charge in [-0.1, -0.05) is 18.2 Å². The van der Waals surface area contributed by atoms with Crippen molar-refractivity contribution in [3.05, 3.63) is 51.7 Å². The smallest absolute Gasteiger partial charge is 0.263 e. The van der Waals surface area contributed by atoms with Crippen LogP contribution in [0.2, 0.25) is 0 Å². The fourth-order valence-corrected chi connectivity index (χ4v) is 4.97. The zero-order valence-corrected chi connectivity index (χ0v) is 19.6. The van der Waals surface area contributed by atoms with Gasteiger partial charge in [0.1, 0.15) is 5.75 Å². The number of nitrogens with zero attached hydrogens (tertiary/aromatic N) is 3. The molecule has 0 bridgehead atoms. The summed E-state index contributed by atoms with van der Waals surface area (Å²) < 4.78 is 5.53. The number of carbonyl (C=O) groups is 1. The average molecular weight is 430 g/mol. The molecule has 30 heavy (non-hydrogen) atoms. The number of likely N-dealkylation sites (N-methyl/N-ethyl adjacent to an activating group) is 1. The number of likely N-dealkylation sites (tertiary alicyclic amines) is 1. The molecule has 1 unspecified atom stereocenters. The number of methoxy groups -OCH3 is 1. The first kappa shape index (κ1) is 22.8. The van der Waals surface area contributed by atoms with Crippen LogP contribution in [0.1, 0.15) is 33.0 Å². The molecule has 0 aliphatic carbocycles. The molecule has 2 heterocycles. The van der Waals surface area contributed by atoms with Gasteiger partial charge in [-0.2, -0.15) is 0 Å². The lowest BCUT2D eigenvalue weighted by atomic mass is 9.96. The van der Waals surface area contributed by atoms with Gasteiger partial charge in [-0.3, -0.25) is 9.69 Å². The number of thiophene rings is 1. The van der Waals surface area contributed by atoms with Crippen molar-refractivity contribution in [1.82, 2.24) is 14.7 Å². The quantitative estimate of drug-likeness (QED) is 0.604. The second kappa shape index (κ2) is 10.9. The number of piperidine rings is 1. The van der Waals surface area contributed by atoms with E-state index in [2.05, 4.69) is 47.9 Å². The SMILES string of the molecule is COc1ccccc1CN1CCCC(CN(CCN(C)C)C(=O)c2ccc(C)s2)C1. The summed E-state index contributed by atoms with van der Waals surface area (Å²) in [6.45, 7) is 7.56. The molecule has 6 heteroatoms. The number of benzene rings is 1. The van der Waals surface area contributed by atoms with E-state index in [-0.39, 0.29) is 5.91 Å². The molecule has 1 saturated heterocycles. The molecule has 164 valence electrons. The van der Waals surface area contributed by atoms with Gasteiger partial charge in [-0.05, 0) is 64.5 Å². The Morgan fingerprint density at radius 2 is 2.00 bits per heavy atom. The Bertz CT molecular complexity index is 820. The van der Waals surface area contributed by atoms with Gasteiger partial charge in [0.25, 0.3) is 5.91 Å². The number of para-hydroxylation sites is 1. The molecule has 0 saturated carbocycles. The minimum absolute atomic E-state index is 0.178. The number of hydrogen-bond donors (Lipinski definition) is 0. The standard InChI is InChI=1S/C24H35N3O2S/c1-19-11-12-23(30-19)24(28)27(15-14-25(2)3)17-20-8-7-13-26(16-20)18-21-9-5-6-10-22(21)29-4/h5-6,9-12,20H,7-8,13-18H2,1-4H3. The Labute approximate surface area is 185 Å². The van der Waals surface area contributed by atoms with Crippen molar-refractivity contribution in [1.29, 1.82) is 0 Å². The second-order valence-corrected chi connectivity index (χ2v) is 9.81. The molecule has 1 atom stereocenters. The van der Waals surface area contributed by atoms with Crippen LogP contribution in [0, 0.1) is 12.8 Å². The van der Waals surface area contributed by atoms with Gasteiger partial charge < -0.3 is 14.5 Å². The molecule has 2 aromatic rings. The summed E-state index contributed by atoms with van der Waals surface area (Å²) in [5, 5.41) is 0. The van der Waals surface area contributed by atoms with E-state index in [0.717, 1.165) is 49.9 Å². The van der Waals surface area contributed by atoms with E-state index < -0.39 is 0 Å². The fourth-order valence-electron chi connectivity index (χ4n) is 4.13. The lowest BCUT2D eigenvalue weighted by Gasteiger charge is -2.36. The highest BCUT2D eigenvalue weighted by Crippen LogP contribution is 2.25. The predicted molar refractivity (Wildman–Crippen MR) is 125 cm³/mol. The Balaban J connectivity index is 1.65. The van der Waals surface area contributed by atoms with E-state index in [4.69, 9.17) is 4.74 Å². The first-order valence-corrected chi connectivity index (χ1v) is 11.6. The van der Waals surface area contributed by atoms with Gasteiger partial charge in [0, 0.05) is 43.2 Å². The molecule has 1 aliphatic rings. The first-order valence-electron chi connectivity index (χ1n) is 10.8. The van der Waals surface area contributed by atoms with Crippen LogP contribution in [-0.4, -0.2) is 74.5 Å². The summed E-state index contributed by atoms with van der Waals surface area (Å²) in [7, 11) is 5.86. The lowest BCUT2D eigenvalue weighted by Crippen LogP contribution is -2.44. The van der Waals surface area contributed by atoms with Crippen molar-refractivity contribution in [2.75, 3.05) is 53.9 Å². The Kier molecular flexibility index (Phi) is 8.31. The zero-order chi connectivity index (χ0) is 21.5. The monoisotopic (exact) mass is 429 g/mol. The maximum atomic E-state index is 13.2. The maximum absolute atomic E-state index is 13.2. The zero-order valence-electron chi connectivity index (χ0n) is 18.8.